The third kappa shape index (κ3) is 5.18. The van der Waals surface area contributed by atoms with E-state index in [1.807, 2.05) is 38.1 Å². The second-order valence-corrected chi connectivity index (χ2v) is 8.45. The summed E-state index contributed by atoms with van der Waals surface area (Å²) in [7, 11) is 0. The van der Waals surface area contributed by atoms with Crippen LogP contribution in [-0.2, 0) is 4.79 Å². The molecule has 1 heterocycles. The zero-order chi connectivity index (χ0) is 21.0. The lowest BCUT2D eigenvalue weighted by Gasteiger charge is -2.16. The number of carbonyl (C=O) groups is 2. The van der Waals surface area contributed by atoms with Gasteiger partial charge in [0.1, 0.15) is 5.75 Å². The minimum atomic E-state index is -0.445. The van der Waals surface area contributed by atoms with Crippen molar-refractivity contribution in [3.8, 4) is 5.75 Å². The number of nitrogens with one attached hydrogen (secondary N) is 1. The van der Waals surface area contributed by atoms with Crippen molar-refractivity contribution < 1.29 is 14.3 Å². The van der Waals surface area contributed by atoms with Gasteiger partial charge < -0.3 is 4.74 Å². The van der Waals surface area contributed by atoms with Crippen molar-refractivity contribution in [1.82, 2.24) is 10.4 Å². The highest BCUT2D eigenvalue weighted by molar-refractivity contribution is 8.26. The fourth-order valence-electron chi connectivity index (χ4n) is 2.48. The molecule has 1 atom stereocenters. The molecule has 1 saturated heterocycles. The summed E-state index contributed by atoms with van der Waals surface area (Å²) < 4.78 is 6.19. The molecule has 0 aliphatic carbocycles. The van der Waals surface area contributed by atoms with E-state index < -0.39 is 5.91 Å². The van der Waals surface area contributed by atoms with E-state index in [1.54, 1.807) is 30.3 Å². The standard InChI is InChI=1S/C21H19ClN2O3S2/c1-3-13(2)27-17-7-5-4-6-15(17)12-18-20(26)24(21(28)29-18)23-19(25)14-8-10-16(22)11-9-14/h4-13H,3H2,1-2H3,(H,23,25)/b18-12+/t13-/m0/s1. The Hall–Kier alpha value is -2.35. The Bertz CT molecular complexity index is 976. The zero-order valence-electron chi connectivity index (χ0n) is 15.8. The van der Waals surface area contributed by atoms with Crippen molar-refractivity contribution in [3.05, 3.63) is 69.6 Å². The zero-order valence-corrected chi connectivity index (χ0v) is 18.2. The average molecular weight is 447 g/mol. The number of thioether (sulfide) groups is 1. The van der Waals surface area contributed by atoms with E-state index in [2.05, 4.69) is 5.43 Å². The molecule has 0 saturated carbocycles. The van der Waals surface area contributed by atoms with E-state index in [0.29, 0.717) is 21.2 Å². The number of para-hydroxylation sites is 1. The summed E-state index contributed by atoms with van der Waals surface area (Å²) in [6.07, 6.45) is 2.65. The monoisotopic (exact) mass is 446 g/mol. The number of benzene rings is 2. The highest BCUT2D eigenvalue weighted by Crippen LogP contribution is 2.33. The third-order valence-electron chi connectivity index (χ3n) is 4.22. The van der Waals surface area contributed by atoms with Crippen molar-refractivity contribution in [2.45, 2.75) is 26.4 Å². The SMILES string of the molecule is CC[C@H](C)Oc1ccccc1/C=C1/SC(=S)N(NC(=O)c2ccc(Cl)cc2)C1=O. The van der Waals surface area contributed by atoms with Gasteiger partial charge in [0.15, 0.2) is 4.32 Å². The molecule has 1 N–H and O–H groups in total. The van der Waals surface area contributed by atoms with Gasteiger partial charge in [0.05, 0.1) is 11.0 Å². The first-order valence-electron chi connectivity index (χ1n) is 8.99. The van der Waals surface area contributed by atoms with Crippen LogP contribution in [0.1, 0.15) is 36.2 Å². The lowest BCUT2D eigenvalue weighted by atomic mass is 10.1. The summed E-state index contributed by atoms with van der Waals surface area (Å²) in [5.74, 6) is -0.141. The minimum absolute atomic E-state index is 0.0534. The normalized spacial score (nSPS) is 16.2. The predicted molar refractivity (Wildman–Crippen MR) is 121 cm³/mol. The van der Waals surface area contributed by atoms with Gasteiger partial charge in [-0.05, 0) is 62.0 Å². The highest BCUT2D eigenvalue weighted by Gasteiger charge is 2.34. The number of hydrogen-bond acceptors (Lipinski definition) is 5. The van der Waals surface area contributed by atoms with Crippen LogP contribution in [0.15, 0.2) is 53.4 Å². The Labute approximate surface area is 184 Å². The first-order chi connectivity index (χ1) is 13.9. The van der Waals surface area contributed by atoms with Crippen LogP contribution in [0.2, 0.25) is 5.02 Å². The fraction of sp³-hybridized carbons (Fsp3) is 0.190. The molecule has 2 aromatic carbocycles. The summed E-state index contributed by atoms with van der Waals surface area (Å²) in [5.41, 5.74) is 3.70. The maximum atomic E-state index is 12.8. The summed E-state index contributed by atoms with van der Waals surface area (Å²) in [6, 6.07) is 13.9. The van der Waals surface area contributed by atoms with E-state index in [4.69, 9.17) is 28.6 Å². The molecular weight excluding hydrogens is 428 g/mol. The van der Waals surface area contributed by atoms with Crippen LogP contribution in [0.25, 0.3) is 6.08 Å². The van der Waals surface area contributed by atoms with Crippen molar-refractivity contribution in [2.24, 2.45) is 0 Å². The molecule has 29 heavy (non-hydrogen) atoms. The van der Waals surface area contributed by atoms with E-state index in [-0.39, 0.29) is 16.3 Å². The van der Waals surface area contributed by atoms with Gasteiger partial charge in [0.25, 0.3) is 11.8 Å². The maximum absolute atomic E-state index is 12.8. The minimum Gasteiger partial charge on any atom is -0.490 e. The number of rotatable bonds is 6. The molecule has 8 heteroatoms. The second kappa shape index (κ2) is 9.43. The summed E-state index contributed by atoms with van der Waals surface area (Å²) in [4.78, 5) is 25.6. The second-order valence-electron chi connectivity index (χ2n) is 6.34. The number of ether oxygens (including phenoxy) is 1. The van der Waals surface area contributed by atoms with Crippen LogP contribution < -0.4 is 10.2 Å². The topological polar surface area (TPSA) is 58.6 Å². The average Bonchev–Trinajstić information content (AvgIpc) is 2.97. The first kappa shape index (κ1) is 21.4. The van der Waals surface area contributed by atoms with Crippen molar-refractivity contribution in [1.29, 1.82) is 0 Å². The molecule has 2 amide bonds. The number of nitrogens with zero attached hydrogens (tertiary/aromatic N) is 1. The maximum Gasteiger partial charge on any atom is 0.285 e. The number of hydrogen-bond donors (Lipinski definition) is 1. The summed E-state index contributed by atoms with van der Waals surface area (Å²) in [5, 5.41) is 1.61. The van der Waals surface area contributed by atoms with E-state index in [1.165, 1.54) is 0 Å². The van der Waals surface area contributed by atoms with Gasteiger partial charge in [-0.15, -0.1) is 0 Å². The van der Waals surface area contributed by atoms with E-state index in [0.717, 1.165) is 28.8 Å². The van der Waals surface area contributed by atoms with Gasteiger partial charge in [0, 0.05) is 16.1 Å². The summed E-state index contributed by atoms with van der Waals surface area (Å²) >= 11 is 12.3. The Morgan fingerprint density at radius 3 is 2.66 bits per heavy atom. The van der Waals surface area contributed by atoms with Crippen molar-refractivity contribution >= 4 is 57.8 Å². The van der Waals surface area contributed by atoms with Gasteiger partial charge in [-0.1, -0.05) is 48.5 Å². The van der Waals surface area contributed by atoms with Crippen LogP contribution in [0.3, 0.4) is 0 Å². The molecule has 1 fully saturated rings. The molecule has 0 radical (unpaired) electrons. The molecule has 0 spiro atoms. The molecule has 0 bridgehead atoms. The van der Waals surface area contributed by atoms with Gasteiger partial charge in [-0.2, -0.15) is 5.01 Å². The summed E-state index contributed by atoms with van der Waals surface area (Å²) in [6.45, 7) is 4.03. The Morgan fingerprint density at radius 1 is 1.28 bits per heavy atom. The van der Waals surface area contributed by atoms with Crippen LogP contribution in [0.5, 0.6) is 5.75 Å². The lowest BCUT2D eigenvalue weighted by molar-refractivity contribution is -0.123. The highest BCUT2D eigenvalue weighted by atomic mass is 35.5. The Kier molecular flexibility index (Phi) is 6.95. The molecule has 0 aromatic heterocycles. The number of thiocarbonyl (C=S) groups is 1. The molecule has 0 unspecified atom stereocenters. The molecular formula is C21H19ClN2O3S2. The fourth-order valence-corrected chi connectivity index (χ4v) is 3.78. The van der Waals surface area contributed by atoms with E-state index in [9.17, 15) is 9.59 Å². The van der Waals surface area contributed by atoms with Gasteiger partial charge in [-0.3, -0.25) is 15.0 Å². The predicted octanol–water partition coefficient (Wildman–Crippen LogP) is 5.06. The Balaban J connectivity index is 1.78. The number of amides is 2. The van der Waals surface area contributed by atoms with Crippen LogP contribution in [0.4, 0.5) is 0 Å². The smallest absolute Gasteiger partial charge is 0.285 e. The molecule has 2 aromatic rings. The van der Waals surface area contributed by atoms with Gasteiger partial charge in [-0.25, -0.2) is 0 Å². The van der Waals surface area contributed by atoms with Crippen LogP contribution >= 0.6 is 35.6 Å². The first-order valence-corrected chi connectivity index (χ1v) is 10.6. The number of hydrazine groups is 1. The molecule has 150 valence electrons. The molecule has 5 nitrogen and oxygen atoms in total. The van der Waals surface area contributed by atoms with Crippen LogP contribution in [0, 0.1) is 0 Å². The van der Waals surface area contributed by atoms with Crippen molar-refractivity contribution in [3.63, 3.8) is 0 Å². The van der Waals surface area contributed by atoms with Gasteiger partial charge in [0.2, 0.25) is 0 Å². The van der Waals surface area contributed by atoms with Crippen molar-refractivity contribution in [2.75, 3.05) is 0 Å². The molecule has 1 aliphatic heterocycles. The quantitative estimate of drug-likeness (QED) is 0.496. The van der Waals surface area contributed by atoms with Crippen LogP contribution in [-0.4, -0.2) is 27.2 Å². The van der Waals surface area contributed by atoms with Gasteiger partial charge >= 0.3 is 0 Å². The number of carbonyl (C=O) groups excluding carboxylic acids is 2. The lowest BCUT2D eigenvalue weighted by Crippen LogP contribution is -2.44. The molecule has 3 rings (SSSR count). The Morgan fingerprint density at radius 2 is 1.97 bits per heavy atom. The third-order valence-corrected chi connectivity index (χ3v) is 5.78. The van der Waals surface area contributed by atoms with E-state index >= 15 is 0 Å². The largest absolute Gasteiger partial charge is 0.490 e. The number of halogens is 1. The molecule has 1 aliphatic rings.